The molecule has 1 saturated heterocycles. The van der Waals surface area contributed by atoms with E-state index >= 15 is 0 Å². The molecule has 3 aromatic carbocycles. The second-order valence-corrected chi connectivity index (χ2v) is 11.2. The summed E-state index contributed by atoms with van der Waals surface area (Å²) < 4.78 is 33.4. The number of amides is 1. The van der Waals surface area contributed by atoms with Crippen molar-refractivity contribution in [3.63, 3.8) is 0 Å². The summed E-state index contributed by atoms with van der Waals surface area (Å²) in [5, 5.41) is 3.17. The molecule has 0 spiro atoms. The van der Waals surface area contributed by atoms with Crippen LogP contribution in [0.2, 0.25) is 0 Å². The fraction of sp³-hybridized carbons (Fsp3) is 0.345. The number of benzene rings is 3. The first-order valence-electron chi connectivity index (χ1n) is 12.5. The van der Waals surface area contributed by atoms with Gasteiger partial charge in [0, 0.05) is 19.5 Å². The quantitative estimate of drug-likeness (QED) is 0.442. The molecule has 0 radical (unpaired) electrons. The topological polar surface area (TPSA) is 75.7 Å². The van der Waals surface area contributed by atoms with Gasteiger partial charge >= 0.3 is 0 Å². The smallest absolute Gasteiger partial charge is 0.243 e. The molecule has 4 rings (SSSR count). The van der Waals surface area contributed by atoms with Crippen LogP contribution in [0.3, 0.4) is 0 Å². The van der Waals surface area contributed by atoms with Crippen molar-refractivity contribution in [2.75, 3.05) is 20.2 Å². The summed E-state index contributed by atoms with van der Waals surface area (Å²) in [4.78, 5) is 13.4. The van der Waals surface area contributed by atoms with Crippen LogP contribution in [-0.4, -0.2) is 38.8 Å². The number of nitrogens with zero attached hydrogens (tertiary/aromatic N) is 1. The first-order valence-corrected chi connectivity index (χ1v) is 13.9. The second kappa shape index (κ2) is 11.7. The van der Waals surface area contributed by atoms with E-state index in [1.807, 2.05) is 55.5 Å². The molecule has 0 bridgehead atoms. The van der Waals surface area contributed by atoms with E-state index in [9.17, 15) is 13.2 Å². The zero-order valence-electron chi connectivity index (χ0n) is 20.9. The number of methoxy groups -OCH3 is 1. The Morgan fingerprint density at radius 3 is 2.36 bits per heavy atom. The number of hydrogen-bond acceptors (Lipinski definition) is 4. The van der Waals surface area contributed by atoms with Gasteiger partial charge in [-0.2, -0.15) is 4.31 Å². The Morgan fingerprint density at radius 2 is 1.67 bits per heavy atom. The maximum absolute atomic E-state index is 13.2. The number of carbonyl (C=O) groups is 1. The first-order chi connectivity index (χ1) is 17.4. The van der Waals surface area contributed by atoms with Crippen LogP contribution in [-0.2, 0) is 21.2 Å². The molecule has 0 aromatic heterocycles. The Balaban J connectivity index is 1.51. The van der Waals surface area contributed by atoms with E-state index in [1.54, 1.807) is 29.6 Å². The summed E-state index contributed by atoms with van der Waals surface area (Å²) >= 11 is 0. The zero-order valence-corrected chi connectivity index (χ0v) is 21.8. The van der Waals surface area contributed by atoms with Crippen molar-refractivity contribution in [2.24, 2.45) is 0 Å². The summed E-state index contributed by atoms with van der Waals surface area (Å²) in [6.07, 6.45) is 3.39. The van der Waals surface area contributed by atoms with Crippen LogP contribution >= 0.6 is 0 Å². The Morgan fingerprint density at radius 1 is 0.944 bits per heavy atom. The van der Waals surface area contributed by atoms with Gasteiger partial charge in [0.25, 0.3) is 0 Å². The Labute approximate surface area is 214 Å². The fourth-order valence-electron chi connectivity index (χ4n) is 4.70. The molecule has 1 aliphatic heterocycles. The average molecular weight is 507 g/mol. The lowest BCUT2D eigenvalue weighted by atomic mass is 9.97. The highest BCUT2D eigenvalue weighted by molar-refractivity contribution is 7.89. The fourth-order valence-corrected chi connectivity index (χ4v) is 6.27. The lowest BCUT2D eigenvalue weighted by Crippen LogP contribution is -2.35. The molecule has 190 valence electrons. The minimum Gasteiger partial charge on any atom is -0.496 e. The SMILES string of the molecule is COc1ccc(S(=O)(=O)N2CCCCC2)cc1CCC(=O)N[C@H](c1ccccc1)c1cccc(C)c1. The van der Waals surface area contributed by atoms with E-state index in [2.05, 4.69) is 11.4 Å². The molecular weight excluding hydrogens is 472 g/mol. The maximum atomic E-state index is 13.2. The van der Waals surface area contributed by atoms with Crippen molar-refractivity contribution in [3.05, 3.63) is 95.1 Å². The minimum absolute atomic E-state index is 0.114. The Hall–Kier alpha value is -3.16. The number of piperidine rings is 1. The van der Waals surface area contributed by atoms with Crippen LogP contribution in [0.1, 0.15) is 54.0 Å². The second-order valence-electron chi connectivity index (χ2n) is 9.26. The van der Waals surface area contributed by atoms with Gasteiger partial charge in [0.2, 0.25) is 15.9 Å². The molecule has 0 unspecified atom stereocenters. The van der Waals surface area contributed by atoms with Crippen molar-refractivity contribution in [1.29, 1.82) is 0 Å². The normalized spacial score (nSPS) is 15.3. The van der Waals surface area contributed by atoms with Crippen molar-refractivity contribution in [1.82, 2.24) is 9.62 Å². The van der Waals surface area contributed by atoms with Crippen molar-refractivity contribution in [2.45, 2.75) is 50.0 Å². The van der Waals surface area contributed by atoms with Crippen molar-refractivity contribution < 1.29 is 17.9 Å². The highest BCUT2D eigenvalue weighted by atomic mass is 32.2. The molecule has 1 aliphatic rings. The highest BCUT2D eigenvalue weighted by Crippen LogP contribution is 2.28. The number of hydrogen-bond donors (Lipinski definition) is 1. The number of sulfonamides is 1. The molecule has 1 heterocycles. The van der Waals surface area contributed by atoms with Gasteiger partial charge in [0.05, 0.1) is 18.0 Å². The van der Waals surface area contributed by atoms with E-state index in [0.29, 0.717) is 30.8 Å². The molecule has 1 atom stereocenters. The molecule has 3 aromatic rings. The predicted octanol–water partition coefficient (Wildman–Crippen LogP) is 5.02. The van der Waals surface area contributed by atoms with Gasteiger partial charge in [0.15, 0.2) is 0 Å². The van der Waals surface area contributed by atoms with Gasteiger partial charge in [-0.15, -0.1) is 0 Å². The Bertz CT molecular complexity index is 1290. The summed E-state index contributed by atoms with van der Waals surface area (Å²) in [6.45, 7) is 3.13. The lowest BCUT2D eigenvalue weighted by Gasteiger charge is -2.26. The summed E-state index contributed by atoms with van der Waals surface area (Å²) in [5.74, 6) is 0.468. The van der Waals surface area contributed by atoms with Crippen molar-refractivity contribution >= 4 is 15.9 Å². The van der Waals surface area contributed by atoms with E-state index in [-0.39, 0.29) is 23.3 Å². The van der Waals surface area contributed by atoms with Crippen LogP contribution in [0.25, 0.3) is 0 Å². The average Bonchev–Trinajstić information content (AvgIpc) is 2.91. The largest absolute Gasteiger partial charge is 0.496 e. The summed E-state index contributed by atoms with van der Waals surface area (Å²) in [7, 11) is -2.01. The number of aryl methyl sites for hydroxylation is 2. The third kappa shape index (κ3) is 6.15. The van der Waals surface area contributed by atoms with Crippen LogP contribution in [0.5, 0.6) is 5.75 Å². The molecule has 0 aliphatic carbocycles. The van der Waals surface area contributed by atoms with Gasteiger partial charge < -0.3 is 10.1 Å². The van der Waals surface area contributed by atoms with Crippen LogP contribution in [0.4, 0.5) is 0 Å². The summed E-state index contributed by atoms with van der Waals surface area (Å²) in [6, 6.07) is 22.7. The van der Waals surface area contributed by atoms with Gasteiger partial charge in [-0.25, -0.2) is 8.42 Å². The summed E-state index contributed by atoms with van der Waals surface area (Å²) in [5.41, 5.74) is 3.85. The molecule has 6 nitrogen and oxygen atoms in total. The molecular formula is C29H34N2O4S. The van der Waals surface area contributed by atoms with E-state index < -0.39 is 10.0 Å². The molecule has 1 fully saturated rings. The van der Waals surface area contributed by atoms with Gasteiger partial charge in [-0.05, 0) is 61.1 Å². The third-order valence-corrected chi connectivity index (χ3v) is 8.53. The van der Waals surface area contributed by atoms with Gasteiger partial charge in [-0.1, -0.05) is 66.6 Å². The monoisotopic (exact) mass is 506 g/mol. The minimum atomic E-state index is -3.57. The number of nitrogens with one attached hydrogen (secondary N) is 1. The molecule has 36 heavy (non-hydrogen) atoms. The van der Waals surface area contributed by atoms with Crippen LogP contribution < -0.4 is 10.1 Å². The zero-order chi connectivity index (χ0) is 25.5. The molecule has 0 saturated carbocycles. The maximum Gasteiger partial charge on any atom is 0.243 e. The number of carbonyl (C=O) groups excluding carboxylic acids is 1. The first kappa shape index (κ1) is 25.9. The van der Waals surface area contributed by atoms with Crippen molar-refractivity contribution in [3.8, 4) is 5.75 Å². The van der Waals surface area contributed by atoms with E-state index in [4.69, 9.17) is 4.74 Å². The number of rotatable bonds is 9. The van der Waals surface area contributed by atoms with Crippen LogP contribution in [0.15, 0.2) is 77.7 Å². The standard InChI is InChI=1S/C29H34N2O4S/c1-22-10-9-13-25(20-22)29(23-11-5-3-6-12-23)30-28(32)17-14-24-21-26(15-16-27(24)35-2)36(33,34)31-18-7-4-8-19-31/h3,5-6,9-13,15-16,20-21,29H,4,7-8,14,17-19H2,1-2H3,(H,30,32)/t29-/m1/s1. The Kier molecular flexibility index (Phi) is 8.44. The predicted molar refractivity (Wildman–Crippen MR) is 142 cm³/mol. The van der Waals surface area contributed by atoms with E-state index in [0.717, 1.165) is 36.0 Å². The van der Waals surface area contributed by atoms with Gasteiger partial charge in [-0.3, -0.25) is 4.79 Å². The van der Waals surface area contributed by atoms with E-state index in [1.165, 1.54) is 0 Å². The molecule has 1 N–H and O–H groups in total. The van der Waals surface area contributed by atoms with Gasteiger partial charge in [0.1, 0.15) is 5.75 Å². The molecule has 7 heteroatoms. The highest BCUT2D eigenvalue weighted by Gasteiger charge is 2.27. The number of ether oxygens (including phenoxy) is 1. The third-order valence-electron chi connectivity index (χ3n) is 6.64. The lowest BCUT2D eigenvalue weighted by molar-refractivity contribution is -0.121. The molecule has 1 amide bonds. The van der Waals surface area contributed by atoms with Crippen LogP contribution in [0, 0.1) is 6.92 Å².